The molecular weight excluding hydrogens is 1440 g/mol. The van der Waals surface area contributed by atoms with Crippen molar-refractivity contribution in [2.24, 2.45) is 0 Å². The van der Waals surface area contributed by atoms with Gasteiger partial charge in [0.05, 0.1) is 33.2 Å². The van der Waals surface area contributed by atoms with E-state index in [9.17, 15) is 0 Å². The number of nitrogens with zero attached hydrogens (tertiary/aromatic N) is 8. The Morgan fingerprint density at radius 3 is 0.797 bits per heavy atom. The van der Waals surface area contributed by atoms with Gasteiger partial charge in [0.15, 0.2) is 34.9 Å². The number of hydrogen-bond donors (Lipinski definition) is 0. The number of aromatic nitrogens is 8. The van der Waals surface area contributed by atoms with E-state index < -0.39 is 0 Å². The largest absolute Gasteiger partial charge is 0.455 e. The number of hydrogen-bond acceptors (Lipinski definition) is 10. The molecule has 16 aromatic carbocycles. The Kier molecular flexibility index (Phi) is 18.0. The molecule has 0 radical (unpaired) electrons. The van der Waals surface area contributed by atoms with Gasteiger partial charge in [0.1, 0.15) is 22.7 Å². The molecule has 0 bridgehead atoms. The normalized spacial score (nSPS) is 11.4. The molecule has 10 nitrogen and oxygen atoms in total. The summed E-state index contributed by atoms with van der Waals surface area (Å²) in [5.74, 6) is 5.38. The van der Waals surface area contributed by atoms with Crippen LogP contribution < -0.4 is 0 Å². The highest BCUT2D eigenvalue weighted by atomic mass is 16.3. The minimum absolute atomic E-state index is 0.607. The topological polar surface area (TPSA) is 129 Å². The molecule has 0 aliphatic rings. The summed E-state index contributed by atoms with van der Waals surface area (Å²) < 4.78 is 14.2. The van der Waals surface area contributed by atoms with Crippen molar-refractivity contribution in [1.29, 1.82) is 0 Å². The first-order valence-corrected chi connectivity index (χ1v) is 39.4. The van der Waals surface area contributed by atoms with Crippen LogP contribution in [0, 0.1) is 0 Å². The fourth-order valence-electron chi connectivity index (χ4n) is 16.0. The summed E-state index contributed by atoms with van der Waals surface area (Å²) in [7, 11) is 0. The van der Waals surface area contributed by atoms with Gasteiger partial charge in [-0.1, -0.05) is 370 Å². The lowest BCUT2D eigenvalue weighted by Gasteiger charge is -2.12. The number of fused-ring (bicyclic) bond motifs is 8. The maximum absolute atomic E-state index is 7.13. The van der Waals surface area contributed by atoms with Crippen molar-refractivity contribution >= 4 is 65.3 Å². The van der Waals surface area contributed by atoms with E-state index in [1.54, 1.807) is 0 Å². The summed E-state index contributed by atoms with van der Waals surface area (Å²) >= 11 is 0. The van der Waals surface area contributed by atoms with Gasteiger partial charge in [-0.3, -0.25) is 0 Å². The van der Waals surface area contributed by atoms with Crippen LogP contribution in [0.2, 0.25) is 0 Å². The number of pyridine rings is 2. The molecule has 118 heavy (non-hydrogen) atoms. The summed E-state index contributed by atoms with van der Waals surface area (Å²) in [4.78, 5) is 40.6. The van der Waals surface area contributed by atoms with Gasteiger partial charge in [0.2, 0.25) is 0 Å². The maximum Gasteiger partial charge on any atom is 0.164 e. The highest BCUT2D eigenvalue weighted by molar-refractivity contribution is 6.19. The van der Waals surface area contributed by atoms with Gasteiger partial charge >= 0.3 is 0 Å². The van der Waals surface area contributed by atoms with Crippen LogP contribution in [0.3, 0.4) is 0 Å². The van der Waals surface area contributed by atoms with Crippen molar-refractivity contribution in [2.75, 3.05) is 0 Å². The third-order valence-electron chi connectivity index (χ3n) is 21.8. The first-order valence-electron chi connectivity index (χ1n) is 39.4. The molecule has 0 aliphatic carbocycles. The summed E-state index contributed by atoms with van der Waals surface area (Å²) in [6.07, 6.45) is 0. The standard InChI is InChI=1S/2C54H34N4O/c1-5-17-36(18-6-1)47-48-49(43-29-28-35-16-13-14-25-40(35)32-43)55-46-31-30-42(34-45(46)51(48)59-50(47)37-19-7-2-8-20-37)41-26-15-27-44(33-41)54-57-52(38-21-9-3-10-22-38)56-53(58-54)39-23-11-4-12-24-39;1-5-16-37(17-6-1)47-48-49(44-30-27-35-15-13-14-24-42(35)33-44)55-46-32-31-43(34-45(46)51(48)59-50(47)38-18-7-2-8-19-38)36-25-28-41(29-26-36)54-57-52(39-20-9-3-10-21-39)56-53(58-54)40-22-11-4-12-23-40/h2*1-34H. The Labute approximate surface area is 680 Å². The first-order chi connectivity index (χ1) is 58.5. The predicted octanol–water partition coefficient (Wildman–Crippen LogP) is 28.0. The zero-order chi connectivity index (χ0) is 78.2. The molecule has 0 saturated carbocycles. The molecular formula is C108H68N8O2. The van der Waals surface area contributed by atoms with Crippen molar-refractivity contribution in [3.8, 4) is 158 Å². The van der Waals surface area contributed by atoms with Crippen LogP contribution in [0.25, 0.3) is 223 Å². The van der Waals surface area contributed by atoms with E-state index >= 15 is 0 Å². The first kappa shape index (κ1) is 69.9. The highest BCUT2D eigenvalue weighted by Gasteiger charge is 2.28. The van der Waals surface area contributed by atoms with Crippen LogP contribution in [-0.2, 0) is 0 Å². The quantitative estimate of drug-likeness (QED) is 0.104. The van der Waals surface area contributed by atoms with E-state index in [-0.39, 0.29) is 0 Å². The van der Waals surface area contributed by atoms with Gasteiger partial charge < -0.3 is 8.83 Å². The summed E-state index contributed by atoms with van der Waals surface area (Å²) in [6, 6.07) is 142. The third kappa shape index (κ3) is 13.4. The second-order valence-corrected chi connectivity index (χ2v) is 29.2. The zero-order valence-corrected chi connectivity index (χ0v) is 63.7. The molecule has 0 fully saturated rings. The van der Waals surface area contributed by atoms with Crippen LogP contribution in [-0.4, -0.2) is 39.9 Å². The van der Waals surface area contributed by atoms with E-state index in [1.807, 2.05) is 140 Å². The van der Waals surface area contributed by atoms with E-state index in [2.05, 4.69) is 273 Å². The van der Waals surface area contributed by atoms with Crippen LogP contribution >= 0.6 is 0 Å². The van der Waals surface area contributed by atoms with Crippen LogP contribution in [0.1, 0.15) is 0 Å². The van der Waals surface area contributed by atoms with Gasteiger partial charge in [-0.05, 0) is 97.4 Å². The van der Waals surface area contributed by atoms with Crippen LogP contribution in [0.5, 0.6) is 0 Å². The van der Waals surface area contributed by atoms with E-state index in [0.717, 1.165) is 178 Å². The second kappa shape index (κ2) is 30.5. The Morgan fingerprint density at radius 1 is 0.161 bits per heavy atom. The van der Waals surface area contributed by atoms with Crippen molar-refractivity contribution < 1.29 is 8.83 Å². The summed E-state index contributed by atoms with van der Waals surface area (Å²) in [5, 5.41) is 8.55. The molecule has 10 heteroatoms. The molecule has 22 aromatic rings. The molecule has 6 heterocycles. The van der Waals surface area contributed by atoms with Gasteiger partial charge in [-0.2, -0.15) is 0 Å². The Bertz CT molecular complexity index is 7390. The number of furan rings is 2. The maximum atomic E-state index is 7.13. The average molecular weight is 1510 g/mol. The molecule has 0 saturated heterocycles. The van der Waals surface area contributed by atoms with Crippen molar-refractivity contribution in [1.82, 2.24) is 39.9 Å². The number of rotatable bonds is 14. The lowest BCUT2D eigenvalue weighted by molar-refractivity contribution is 0.635. The van der Waals surface area contributed by atoms with Gasteiger partial charge in [0, 0.05) is 77.5 Å². The zero-order valence-electron chi connectivity index (χ0n) is 63.7. The highest BCUT2D eigenvalue weighted by Crippen LogP contribution is 2.50. The number of benzene rings is 16. The van der Waals surface area contributed by atoms with Crippen molar-refractivity contribution in [3.63, 3.8) is 0 Å². The van der Waals surface area contributed by atoms with Gasteiger partial charge in [-0.15, -0.1) is 0 Å². The Balaban J connectivity index is 0.000000147. The van der Waals surface area contributed by atoms with E-state index in [4.69, 9.17) is 48.7 Å². The minimum Gasteiger partial charge on any atom is -0.455 e. The smallest absolute Gasteiger partial charge is 0.164 e. The molecule has 0 atom stereocenters. The Hall–Kier alpha value is -16.0. The molecule has 552 valence electrons. The molecule has 0 N–H and O–H groups in total. The molecule has 0 aliphatic heterocycles. The lowest BCUT2D eigenvalue weighted by atomic mass is 9.93. The SMILES string of the molecule is c1ccc(-c2nc(-c3ccccc3)nc(-c3ccc(-c4ccc5nc(-c6ccc7ccccc7c6)c6c(-c7ccccc7)c(-c7ccccc7)oc6c5c4)cc3)n2)cc1.c1ccc(-c2nc(-c3ccccc3)nc(-c3cccc(-c4ccc5nc(-c6ccc7ccccc7c6)c6c(-c7ccccc7)c(-c7ccccc7)oc6c5c4)c3)n2)cc1. The predicted molar refractivity (Wildman–Crippen MR) is 481 cm³/mol. The van der Waals surface area contributed by atoms with Crippen LogP contribution in [0.15, 0.2) is 421 Å². The van der Waals surface area contributed by atoms with Gasteiger partial charge in [0.25, 0.3) is 0 Å². The third-order valence-corrected chi connectivity index (χ3v) is 21.8. The fraction of sp³-hybridized carbons (Fsp3) is 0. The molecule has 22 rings (SSSR count). The molecule has 0 spiro atoms. The summed E-state index contributed by atoms with van der Waals surface area (Å²) in [5.41, 5.74) is 23.1. The lowest BCUT2D eigenvalue weighted by Crippen LogP contribution is -2.00. The molecule has 0 amide bonds. The monoisotopic (exact) mass is 1510 g/mol. The van der Waals surface area contributed by atoms with Crippen molar-refractivity contribution in [2.45, 2.75) is 0 Å². The summed E-state index contributed by atoms with van der Waals surface area (Å²) in [6.45, 7) is 0. The van der Waals surface area contributed by atoms with Crippen molar-refractivity contribution in [3.05, 3.63) is 413 Å². The average Bonchev–Trinajstić information content (AvgIpc) is 1.56. The second-order valence-electron chi connectivity index (χ2n) is 29.2. The van der Waals surface area contributed by atoms with Crippen LogP contribution in [0.4, 0.5) is 0 Å². The molecule has 0 unspecified atom stereocenters. The Morgan fingerprint density at radius 2 is 0.424 bits per heavy atom. The minimum atomic E-state index is 0.607. The van der Waals surface area contributed by atoms with E-state index in [0.29, 0.717) is 34.9 Å². The van der Waals surface area contributed by atoms with Gasteiger partial charge in [-0.25, -0.2) is 39.9 Å². The molecule has 6 aromatic heterocycles. The van der Waals surface area contributed by atoms with E-state index in [1.165, 1.54) is 10.8 Å². The fourth-order valence-corrected chi connectivity index (χ4v) is 16.0.